The Labute approximate surface area is 139 Å². The molecule has 0 radical (unpaired) electrons. The molecule has 6 heteroatoms. The van der Waals surface area contributed by atoms with Gasteiger partial charge >= 0.3 is 0 Å². The number of rotatable bonds is 3. The summed E-state index contributed by atoms with van der Waals surface area (Å²) in [6, 6.07) is 4.64. The number of H-pyrrole nitrogens is 1. The zero-order valence-corrected chi connectivity index (χ0v) is 14.2. The van der Waals surface area contributed by atoms with Crippen LogP contribution in [0.2, 0.25) is 0 Å². The van der Waals surface area contributed by atoms with Gasteiger partial charge in [0.2, 0.25) is 0 Å². The van der Waals surface area contributed by atoms with Crippen molar-refractivity contribution in [2.24, 2.45) is 0 Å². The average Bonchev–Trinajstić information content (AvgIpc) is 3.00. The van der Waals surface area contributed by atoms with Gasteiger partial charge in [0, 0.05) is 18.5 Å². The van der Waals surface area contributed by atoms with Crippen LogP contribution < -0.4 is 10.5 Å². The van der Waals surface area contributed by atoms with Crippen molar-refractivity contribution in [3.05, 3.63) is 44.1 Å². The van der Waals surface area contributed by atoms with Gasteiger partial charge in [0.15, 0.2) is 11.4 Å². The van der Waals surface area contributed by atoms with Gasteiger partial charge in [0.25, 0.3) is 5.56 Å². The monoisotopic (exact) mass is 328 g/mol. The molecule has 0 spiro atoms. The molecule has 0 saturated carbocycles. The van der Waals surface area contributed by atoms with Crippen molar-refractivity contribution >= 4 is 17.2 Å². The van der Waals surface area contributed by atoms with Crippen LogP contribution >= 0.6 is 11.3 Å². The molecule has 2 unspecified atom stereocenters. The van der Waals surface area contributed by atoms with Crippen LogP contribution in [0.3, 0.4) is 0 Å². The highest BCUT2D eigenvalue weighted by molar-refractivity contribution is 7.07. The van der Waals surface area contributed by atoms with E-state index in [9.17, 15) is 10.1 Å². The minimum absolute atomic E-state index is 0.125. The van der Waals surface area contributed by atoms with Crippen LogP contribution in [0, 0.1) is 11.3 Å². The van der Waals surface area contributed by atoms with Gasteiger partial charge < -0.3 is 9.88 Å². The van der Waals surface area contributed by atoms with Crippen LogP contribution in [0.15, 0.2) is 21.6 Å². The summed E-state index contributed by atoms with van der Waals surface area (Å²) in [4.78, 5) is 21.9. The van der Waals surface area contributed by atoms with E-state index in [2.05, 4.69) is 28.7 Å². The number of anilines is 1. The van der Waals surface area contributed by atoms with Crippen molar-refractivity contribution < 1.29 is 0 Å². The summed E-state index contributed by atoms with van der Waals surface area (Å²) >= 11 is 1.62. The Morgan fingerprint density at radius 2 is 2.17 bits per heavy atom. The van der Waals surface area contributed by atoms with E-state index >= 15 is 0 Å². The molecule has 0 amide bonds. The summed E-state index contributed by atoms with van der Waals surface area (Å²) in [6.45, 7) is 4.27. The highest BCUT2D eigenvalue weighted by atomic mass is 32.1. The maximum atomic E-state index is 12.3. The molecule has 3 heterocycles. The van der Waals surface area contributed by atoms with Crippen molar-refractivity contribution in [2.75, 3.05) is 4.90 Å². The maximum Gasteiger partial charge on any atom is 0.271 e. The third-order valence-corrected chi connectivity index (χ3v) is 5.18. The van der Waals surface area contributed by atoms with E-state index in [1.165, 1.54) is 6.42 Å². The standard InChI is InChI=1S/C17H20N4OS/c1-11-4-3-5-12(2)21(11)16-14(9-18)17(22)20-15(19-16)8-13-6-7-23-10-13/h6-7,10-12H,3-5,8H2,1-2H3,(H,19,20,22). The molecule has 2 atom stereocenters. The molecule has 1 aliphatic heterocycles. The number of aromatic amines is 1. The smallest absolute Gasteiger partial charge is 0.271 e. The fourth-order valence-electron chi connectivity index (χ4n) is 3.30. The van der Waals surface area contributed by atoms with Gasteiger partial charge in [-0.05, 0) is 55.5 Å². The number of piperidine rings is 1. The SMILES string of the molecule is CC1CCCC(C)N1c1nc(Cc2ccsc2)[nH]c(=O)c1C#N. The lowest BCUT2D eigenvalue weighted by Gasteiger charge is -2.40. The average molecular weight is 328 g/mol. The fourth-order valence-corrected chi connectivity index (χ4v) is 3.97. The summed E-state index contributed by atoms with van der Waals surface area (Å²) in [5, 5.41) is 13.5. The number of aromatic nitrogens is 2. The topological polar surface area (TPSA) is 72.8 Å². The lowest BCUT2D eigenvalue weighted by atomic mass is 9.97. The molecular weight excluding hydrogens is 308 g/mol. The summed E-state index contributed by atoms with van der Waals surface area (Å²) in [7, 11) is 0. The van der Waals surface area contributed by atoms with E-state index in [0.29, 0.717) is 18.1 Å². The number of hydrogen-bond donors (Lipinski definition) is 1. The van der Waals surface area contributed by atoms with Gasteiger partial charge in [-0.2, -0.15) is 16.6 Å². The first kappa shape index (κ1) is 15.8. The Kier molecular flexibility index (Phi) is 4.49. The number of nitrogens with one attached hydrogen (secondary N) is 1. The van der Waals surface area contributed by atoms with Gasteiger partial charge in [-0.1, -0.05) is 0 Å². The molecule has 3 rings (SSSR count). The quantitative estimate of drug-likeness (QED) is 0.940. The molecule has 120 valence electrons. The summed E-state index contributed by atoms with van der Waals surface area (Å²) < 4.78 is 0. The van der Waals surface area contributed by atoms with Crippen molar-refractivity contribution in [1.82, 2.24) is 9.97 Å². The van der Waals surface area contributed by atoms with E-state index in [0.717, 1.165) is 18.4 Å². The Hall–Kier alpha value is -2.13. The molecule has 1 N–H and O–H groups in total. The predicted molar refractivity (Wildman–Crippen MR) is 92.0 cm³/mol. The number of hydrogen-bond acceptors (Lipinski definition) is 5. The molecule has 1 aliphatic rings. The zero-order valence-electron chi connectivity index (χ0n) is 13.4. The van der Waals surface area contributed by atoms with Crippen LogP contribution in [-0.4, -0.2) is 22.1 Å². The van der Waals surface area contributed by atoms with Crippen LogP contribution in [0.4, 0.5) is 5.82 Å². The molecule has 23 heavy (non-hydrogen) atoms. The molecule has 0 aromatic carbocycles. The Morgan fingerprint density at radius 3 is 2.78 bits per heavy atom. The molecule has 5 nitrogen and oxygen atoms in total. The summed E-state index contributed by atoms with van der Waals surface area (Å²) in [5.74, 6) is 1.16. The van der Waals surface area contributed by atoms with Crippen LogP contribution in [0.1, 0.15) is 50.1 Å². The third kappa shape index (κ3) is 3.15. The van der Waals surface area contributed by atoms with Crippen molar-refractivity contribution in [1.29, 1.82) is 5.26 Å². The lowest BCUT2D eigenvalue weighted by Crippen LogP contribution is -2.45. The van der Waals surface area contributed by atoms with Crippen molar-refractivity contribution in [2.45, 2.75) is 51.6 Å². The molecule has 1 fully saturated rings. The molecule has 1 saturated heterocycles. The first-order chi connectivity index (χ1) is 11.1. The largest absolute Gasteiger partial charge is 0.350 e. The van der Waals surface area contributed by atoms with Gasteiger partial charge in [-0.15, -0.1) is 0 Å². The maximum absolute atomic E-state index is 12.3. The van der Waals surface area contributed by atoms with E-state index in [4.69, 9.17) is 0 Å². The van der Waals surface area contributed by atoms with Gasteiger partial charge in [0.1, 0.15) is 11.9 Å². The number of thiophene rings is 1. The minimum atomic E-state index is -0.340. The van der Waals surface area contributed by atoms with E-state index in [-0.39, 0.29) is 23.2 Å². The third-order valence-electron chi connectivity index (χ3n) is 4.45. The van der Waals surface area contributed by atoms with Crippen LogP contribution in [0.25, 0.3) is 0 Å². The summed E-state index contributed by atoms with van der Waals surface area (Å²) in [5.41, 5.74) is 0.904. The van der Waals surface area contributed by atoms with E-state index in [1.807, 2.05) is 22.9 Å². The highest BCUT2D eigenvalue weighted by Gasteiger charge is 2.29. The molecular formula is C17H20N4OS. The normalized spacial score (nSPS) is 21.2. The van der Waals surface area contributed by atoms with Crippen LogP contribution in [-0.2, 0) is 6.42 Å². The van der Waals surface area contributed by atoms with Crippen LogP contribution in [0.5, 0.6) is 0 Å². The van der Waals surface area contributed by atoms with E-state index in [1.54, 1.807) is 11.3 Å². The molecule has 2 aromatic rings. The second-order valence-electron chi connectivity index (χ2n) is 6.17. The van der Waals surface area contributed by atoms with Crippen molar-refractivity contribution in [3.8, 4) is 6.07 Å². The van der Waals surface area contributed by atoms with Gasteiger partial charge in [-0.25, -0.2) is 4.98 Å². The number of nitrogens with zero attached hydrogens (tertiary/aromatic N) is 3. The Balaban J connectivity index is 2.05. The molecule has 0 bridgehead atoms. The fraction of sp³-hybridized carbons (Fsp3) is 0.471. The number of nitriles is 1. The molecule has 2 aromatic heterocycles. The Morgan fingerprint density at radius 1 is 1.43 bits per heavy atom. The summed E-state index contributed by atoms with van der Waals surface area (Å²) in [6.07, 6.45) is 3.87. The van der Waals surface area contributed by atoms with Crippen molar-refractivity contribution in [3.63, 3.8) is 0 Å². The molecule has 0 aliphatic carbocycles. The first-order valence-corrected chi connectivity index (χ1v) is 8.87. The zero-order chi connectivity index (χ0) is 16.4. The second kappa shape index (κ2) is 6.55. The predicted octanol–water partition coefficient (Wildman–Crippen LogP) is 3.06. The second-order valence-corrected chi connectivity index (χ2v) is 6.95. The first-order valence-electron chi connectivity index (χ1n) is 7.93. The van der Waals surface area contributed by atoms with Gasteiger partial charge in [-0.3, -0.25) is 4.79 Å². The van der Waals surface area contributed by atoms with Gasteiger partial charge in [0.05, 0.1) is 0 Å². The highest BCUT2D eigenvalue weighted by Crippen LogP contribution is 2.29. The Bertz CT molecular complexity index is 765. The van der Waals surface area contributed by atoms with E-state index < -0.39 is 0 Å². The minimum Gasteiger partial charge on any atom is -0.350 e. The lowest BCUT2D eigenvalue weighted by molar-refractivity contribution is 0.410.